The fraction of sp³-hybridized carbons (Fsp3) is 0.517. The minimum absolute atomic E-state index is 0.0322. The van der Waals surface area contributed by atoms with Crippen LogP contribution < -0.4 is 0 Å². The van der Waals surface area contributed by atoms with Crippen LogP contribution in [0.25, 0.3) is 11.4 Å². The average molecular weight is 522 g/mol. The fourth-order valence-electron chi connectivity index (χ4n) is 5.70. The fourth-order valence-corrected chi connectivity index (χ4v) is 7.42. The van der Waals surface area contributed by atoms with E-state index in [0.29, 0.717) is 18.0 Å². The second kappa shape index (κ2) is 10.7. The second-order valence-corrected chi connectivity index (χ2v) is 13.3. The van der Waals surface area contributed by atoms with Gasteiger partial charge in [0.2, 0.25) is 10.0 Å². The van der Waals surface area contributed by atoms with Crippen LogP contribution in [0.15, 0.2) is 53.4 Å². The van der Waals surface area contributed by atoms with Crippen LogP contribution in [0.1, 0.15) is 56.5 Å². The minimum Gasteiger partial charge on any atom is -0.314 e. The molecule has 0 atom stereocenters. The molecule has 0 amide bonds. The van der Waals surface area contributed by atoms with Crippen LogP contribution in [0.4, 0.5) is 0 Å². The molecule has 0 saturated carbocycles. The third-order valence-corrected chi connectivity index (χ3v) is 9.74. The number of aryl methyl sites for hydroxylation is 1. The third-order valence-electron chi connectivity index (χ3n) is 7.89. The van der Waals surface area contributed by atoms with Crippen LogP contribution in [-0.2, 0) is 36.5 Å². The minimum atomic E-state index is -3.46. The zero-order valence-corrected chi connectivity index (χ0v) is 23.2. The molecule has 3 aromatic rings. The molecule has 0 unspecified atom stereocenters. The molecular weight excluding hydrogens is 482 g/mol. The number of nitrogens with zero attached hydrogens (tertiary/aromatic N) is 5. The number of hydrogen-bond acceptors (Lipinski definition) is 5. The van der Waals surface area contributed by atoms with Crippen LogP contribution >= 0.6 is 0 Å². The van der Waals surface area contributed by atoms with E-state index in [0.717, 1.165) is 80.9 Å². The summed E-state index contributed by atoms with van der Waals surface area (Å²) in [5, 5.41) is 8.82. The van der Waals surface area contributed by atoms with Crippen molar-refractivity contribution in [2.45, 2.75) is 63.8 Å². The van der Waals surface area contributed by atoms with Crippen molar-refractivity contribution < 1.29 is 8.42 Å². The lowest BCUT2D eigenvalue weighted by Gasteiger charge is -2.37. The first-order valence-electron chi connectivity index (χ1n) is 13.5. The molecule has 1 saturated heterocycles. The first-order chi connectivity index (χ1) is 17.7. The Morgan fingerprint density at radius 2 is 1.78 bits per heavy atom. The van der Waals surface area contributed by atoms with Gasteiger partial charge in [0.1, 0.15) is 5.82 Å². The van der Waals surface area contributed by atoms with E-state index in [4.69, 9.17) is 0 Å². The van der Waals surface area contributed by atoms with Gasteiger partial charge in [0.05, 0.1) is 4.90 Å². The van der Waals surface area contributed by atoms with Gasteiger partial charge in [0.25, 0.3) is 0 Å². The normalized spacial score (nSPS) is 18.6. The van der Waals surface area contributed by atoms with Gasteiger partial charge in [-0.2, -0.15) is 4.31 Å². The van der Waals surface area contributed by atoms with E-state index < -0.39 is 10.0 Å². The highest BCUT2D eigenvalue weighted by Crippen LogP contribution is 2.33. The molecule has 1 aromatic heterocycles. The van der Waals surface area contributed by atoms with Crippen molar-refractivity contribution in [3.63, 3.8) is 0 Å². The number of aromatic nitrogens is 3. The van der Waals surface area contributed by atoms with Gasteiger partial charge in [-0.1, -0.05) is 50.2 Å². The summed E-state index contributed by atoms with van der Waals surface area (Å²) in [7, 11) is -1.42. The Morgan fingerprint density at radius 1 is 0.973 bits per heavy atom. The summed E-state index contributed by atoms with van der Waals surface area (Å²) in [6.45, 7) is 8.36. The highest BCUT2D eigenvalue weighted by molar-refractivity contribution is 7.89. The van der Waals surface area contributed by atoms with Gasteiger partial charge >= 0.3 is 0 Å². The Morgan fingerprint density at radius 3 is 2.57 bits per heavy atom. The highest BCUT2D eigenvalue weighted by atomic mass is 32.2. The number of unbranched alkanes of at least 4 members (excludes halogenated alkanes) is 1. The van der Waals surface area contributed by atoms with Crippen molar-refractivity contribution in [1.82, 2.24) is 24.0 Å². The lowest BCUT2D eigenvalue weighted by atomic mass is 9.85. The lowest BCUT2D eigenvalue weighted by Crippen LogP contribution is -2.43. The SMILES string of the molecule is Cn1c(CCCCN2CCc3ccc(S(=O)(=O)N4CCCC(C)(C)C4)cc3C2)nnc1-c1ccccc1. The van der Waals surface area contributed by atoms with Gasteiger partial charge in [-0.3, -0.25) is 4.90 Å². The monoisotopic (exact) mass is 521 g/mol. The predicted molar refractivity (Wildman–Crippen MR) is 147 cm³/mol. The number of hydrogen-bond donors (Lipinski definition) is 0. The summed E-state index contributed by atoms with van der Waals surface area (Å²) >= 11 is 0. The molecular formula is C29H39N5O2S. The van der Waals surface area contributed by atoms with Gasteiger partial charge in [-0.15, -0.1) is 10.2 Å². The molecule has 7 nitrogen and oxygen atoms in total. The van der Waals surface area contributed by atoms with Crippen molar-refractivity contribution in [1.29, 1.82) is 0 Å². The van der Waals surface area contributed by atoms with E-state index in [9.17, 15) is 8.42 Å². The number of piperidine rings is 1. The Balaban J connectivity index is 1.17. The van der Waals surface area contributed by atoms with Crippen LogP contribution in [0.5, 0.6) is 0 Å². The van der Waals surface area contributed by atoms with Crippen molar-refractivity contribution in [2.24, 2.45) is 12.5 Å². The maximum absolute atomic E-state index is 13.4. The van der Waals surface area contributed by atoms with Gasteiger partial charge in [-0.05, 0) is 67.3 Å². The first kappa shape index (κ1) is 26.1. The van der Waals surface area contributed by atoms with Crippen LogP contribution in [0, 0.1) is 5.41 Å². The predicted octanol–water partition coefficient (Wildman–Crippen LogP) is 4.67. The Bertz CT molecular complexity index is 1330. The molecule has 3 heterocycles. The summed E-state index contributed by atoms with van der Waals surface area (Å²) in [6, 6.07) is 16.0. The Labute approximate surface area is 221 Å². The molecule has 0 bridgehead atoms. The van der Waals surface area contributed by atoms with E-state index in [-0.39, 0.29) is 5.41 Å². The molecule has 0 N–H and O–H groups in total. The molecule has 198 valence electrons. The molecule has 0 aliphatic carbocycles. The second-order valence-electron chi connectivity index (χ2n) is 11.4. The summed E-state index contributed by atoms with van der Waals surface area (Å²) in [6.07, 6.45) is 5.98. The number of rotatable bonds is 8. The molecule has 5 rings (SSSR count). The first-order valence-corrected chi connectivity index (χ1v) is 14.9. The summed E-state index contributed by atoms with van der Waals surface area (Å²) in [5.41, 5.74) is 3.55. The van der Waals surface area contributed by atoms with E-state index in [1.165, 1.54) is 5.56 Å². The Kier molecular flexibility index (Phi) is 7.52. The maximum Gasteiger partial charge on any atom is 0.243 e. The van der Waals surface area contributed by atoms with E-state index in [2.05, 4.69) is 45.6 Å². The van der Waals surface area contributed by atoms with Crippen molar-refractivity contribution in [3.05, 3.63) is 65.5 Å². The maximum atomic E-state index is 13.4. The van der Waals surface area contributed by atoms with Gasteiger partial charge in [0, 0.05) is 45.2 Å². The molecule has 2 aliphatic heterocycles. The highest BCUT2D eigenvalue weighted by Gasteiger charge is 2.34. The topological polar surface area (TPSA) is 71.3 Å². The van der Waals surface area contributed by atoms with E-state index >= 15 is 0 Å². The standard InChI is InChI=1S/C29H39N5O2S/c1-29(2)16-9-18-34(22-29)37(35,36)26-14-13-23-15-19-33(21-25(23)20-26)17-8-7-12-27-30-31-28(32(27)3)24-10-5-4-6-11-24/h4-6,10-11,13-14,20H,7-9,12,15-19,21-22H2,1-3H3. The number of fused-ring (bicyclic) bond motifs is 1. The molecule has 8 heteroatoms. The largest absolute Gasteiger partial charge is 0.314 e. The van der Waals surface area contributed by atoms with Crippen LogP contribution in [-0.4, -0.2) is 58.6 Å². The third kappa shape index (κ3) is 5.81. The summed E-state index contributed by atoms with van der Waals surface area (Å²) < 4.78 is 30.6. The quantitative estimate of drug-likeness (QED) is 0.403. The van der Waals surface area contributed by atoms with Gasteiger partial charge in [-0.25, -0.2) is 8.42 Å². The molecule has 2 aliphatic rings. The van der Waals surface area contributed by atoms with Crippen molar-refractivity contribution >= 4 is 10.0 Å². The smallest absolute Gasteiger partial charge is 0.243 e. The van der Waals surface area contributed by atoms with Gasteiger partial charge in [0.15, 0.2) is 5.82 Å². The molecule has 0 radical (unpaired) electrons. The Hall–Kier alpha value is -2.55. The lowest BCUT2D eigenvalue weighted by molar-refractivity contribution is 0.187. The van der Waals surface area contributed by atoms with Crippen molar-refractivity contribution in [2.75, 3.05) is 26.2 Å². The van der Waals surface area contributed by atoms with E-state index in [1.807, 2.05) is 43.4 Å². The molecule has 37 heavy (non-hydrogen) atoms. The summed E-state index contributed by atoms with van der Waals surface area (Å²) in [4.78, 5) is 2.90. The average Bonchev–Trinajstić information content (AvgIpc) is 3.26. The molecule has 0 spiro atoms. The summed E-state index contributed by atoms with van der Waals surface area (Å²) in [5.74, 6) is 1.92. The zero-order valence-electron chi connectivity index (χ0n) is 22.4. The molecule has 2 aromatic carbocycles. The van der Waals surface area contributed by atoms with Gasteiger partial charge < -0.3 is 4.57 Å². The number of sulfonamides is 1. The van der Waals surface area contributed by atoms with Crippen LogP contribution in [0.2, 0.25) is 0 Å². The van der Waals surface area contributed by atoms with E-state index in [1.54, 1.807) is 4.31 Å². The van der Waals surface area contributed by atoms with Crippen LogP contribution in [0.3, 0.4) is 0 Å². The van der Waals surface area contributed by atoms with Crippen molar-refractivity contribution in [3.8, 4) is 11.4 Å². The molecule has 1 fully saturated rings. The number of benzene rings is 2. The zero-order chi connectivity index (χ0) is 26.0.